The number of hydrogen-bond donors (Lipinski definition) is 1. The Labute approximate surface area is 191 Å². The second-order valence-corrected chi connectivity index (χ2v) is 8.23. The fourth-order valence-electron chi connectivity index (χ4n) is 4.75. The highest BCUT2D eigenvalue weighted by Crippen LogP contribution is 2.39. The number of methoxy groups -OCH3 is 1. The molecule has 1 unspecified atom stereocenters. The third-order valence-corrected chi connectivity index (χ3v) is 6.32. The van der Waals surface area contributed by atoms with Crippen molar-refractivity contribution >= 4 is 16.9 Å². The summed E-state index contributed by atoms with van der Waals surface area (Å²) in [4.78, 5) is 17.8. The van der Waals surface area contributed by atoms with Crippen LogP contribution in [0.1, 0.15) is 44.3 Å². The van der Waals surface area contributed by atoms with Gasteiger partial charge in [-0.05, 0) is 53.4 Å². The summed E-state index contributed by atoms with van der Waals surface area (Å²) in [6.45, 7) is 1.37. The molecule has 4 aromatic rings. The van der Waals surface area contributed by atoms with Crippen molar-refractivity contribution in [3.8, 4) is 6.07 Å². The summed E-state index contributed by atoms with van der Waals surface area (Å²) in [6, 6.07) is 22.3. The van der Waals surface area contributed by atoms with Crippen LogP contribution in [0.5, 0.6) is 0 Å². The smallest absolute Gasteiger partial charge is 0.337 e. The molecular weight excluding hydrogens is 417 g/mol. The molecule has 1 aliphatic rings. The fraction of sp³-hybridized carbons (Fsp3) is 0.185. The van der Waals surface area contributed by atoms with E-state index in [-0.39, 0.29) is 17.6 Å². The van der Waals surface area contributed by atoms with Crippen LogP contribution in [0.2, 0.25) is 0 Å². The van der Waals surface area contributed by atoms with Crippen molar-refractivity contribution in [2.75, 3.05) is 13.7 Å². The lowest BCUT2D eigenvalue weighted by Gasteiger charge is -2.36. The van der Waals surface area contributed by atoms with E-state index in [2.05, 4.69) is 22.0 Å². The molecule has 6 heteroatoms. The van der Waals surface area contributed by atoms with Crippen molar-refractivity contribution in [1.82, 2.24) is 9.88 Å². The van der Waals surface area contributed by atoms with Gasteiger partial charge in [-0.15, -0.1) is 0 Å². The largest absolute Gasteiger partial charge is 0.465 e. The third-order valence-electron chi connectivity index (χ3n) is 6.32. The van der Waals surface area contributed by atoms with Gasteiger partial charge < -0.3 is 9.72 Å². The second kappa shape index (κ2) is 8.53. The molecule has 1 N–H and O–H groups in total. The Balaban J connectivity index is 1.58. The van der Waals surface area contributed by atoms with E-state index < -0.39 is 5.82 Å². The Bertz CT molecular complexity index is 1390. The Morgan fingerprint density at radius 1 is 1.18 bits per heavy atom. The van der Waals surface area contributed by atoms with E-state index in [1.807, 2.05) is 30.3 Å². The molecule has 0 amide bonds. The summed E-state index contributed by atoms with van der Waals surface area (Å²) in [5.41, 5.74) is 5.97. The number of rotatable bonds is 4. The van der Waals surface area contributed by atoms with Gasteiger partial charge in [0.15, 0.2) is 0 Å². The van der Waals surface area contributed by atoms with E-state index in [9.17, 15) is 14.4 Å². The van der Waals surface area contributed by atoms with Gasteiger partial charge in [0.25, 0.3) is 0 Å². The summed E-state index contributed by atoms with van der Waals surface area (Å²) < 4.78 is 18.7. The first-order valence-electron chi connectivity index (χ1n) is 10.8. The number of esters is 1. The number of fused-ring (bicyclic) bond motifs is 3. The standard InChI is InChI=1S/C27H22FN3O2/c1-33-27(32)19-9-7-18(8-10-19)26-25-22(21-4-2-3-5-24(21)30-25)12-13-31(26)16-17-6-11-23(28)20(14-17)15-29/h2-11,14,26,30H,12-13,16H2,1H3. The average Bonchev–Trinajstić information content (AvgIpc) is 3.23. The van der Waals surface area contributed by atoms with Crippen LogP contribution in [0.4, 0.5) is 4.39 Å². The number of H-pyrrole nitrogens is 1. The third kappa shape index (κ3) is 3.77. The first kappa shape index (κ1) is 20.9. The lowest BCUT2D eigenvalue weighted by atomic mass is 9.91. The lowest BCUT2D eigenvalue weighted by molar-refractivity contribution is 0.0600. The molecule has 0 bridgehead atoms. The minimum atomic E-state index is -0.507. The summed E-state index contributed by atoms with van der Waals surface area (Å²) in [5, 5.41) is 10.5. The van der Waals surface area contributed by atoms with Gasteiger partial charge >= 0.3 is 5.97 Å². The van der Waals surface area contributed by atoms with Crippen molar-refractivity contribution in [3.63, 3.8) is 0 Å². The van der Waals surface area contributed by atoms with E-state index in [1.165, 1.54) is 24.1 Å². The van der Waals surface area contributed by atoms with Gasteiger partial charge in [0.2, 0.25) is 0 Å². The van der Waals surface area contributed by atoms with E-state index in [0.29, 0.717) is 12.1 Å². The van der Waals surface area contributed by atoms with E-state index >= 15 is 0 Å². The number of carbonyl (C=O) groups is 1. The molecule has 0 radical (unpaired) electrons. The number of carbonyl (C=O) groups excluding carboxylic acids is 1. The SMILES string of the molecule is COC(=O)c1ccc(C2c3[nH]c4ccccc4c3CCN2Cc2ccc(F)c(C#N)c2)cc1. The van der Waals surface area contributed by atoms with Gasteiger partial charge in [-0.3, -0.25) is 4.90 Å². The topological polar surface area (TPSA) is 69.1 Å². The first-order chi connectivity index (χ1) is 16.1. The number of aromatic amines is 1. The first-order valence-corrected chi connectivity index (χ1v) is 10.8. The highest BCUT2D eigenvalue weighted by molar-refractivity contribution is 5.89. The van der Waals surface area contributed by atoms with E-state index in [1.54, 1.807) is 24.3 Å². The van der Waals surface area contributed by atoms with Crippen molar-refractivity contribution in [2.24, 2.45) is 0 Å². The van der Waals surface area contributed by atoms with Gasteiger partial charge in [-0.25, -0.2) is 9.18 Å². The molecule has 0 aliphatic carbocycles. The van der Waals surface area contributed by atoms with Crippen LogP contribution in [0.3, 0.4) is 0 Å². The van der Waals surface area contributed by atoms with Crippen LogP contribution < -0.4 is 0 Å². The van der Waals surface area contributed by atoms with Crippen molar-refractivity contribution in [1.29, 1.82) is 5.26 Å². The molecule has 0 fully saturated rings. The number of para-hydroxylation sites is 1. The maximum Gasteiger partial charge on any atom is 0.337 e. The Hall–Kier alpha value is -3.95. The van der Waals surface area contributed by atoms with Crippen LogP contribution in [0, 0.1) is 17.1 Å². The number of ether oxygens (including phenoxy) is 1. The molecule has 33 heavy (non-hydrogen) atoms. The molecule has 2 heterocycles. The minimum absolute atomic E-state index is 0.0507. The molecule has 1 aliphatic heterocycles. The molecule has 0 saturated carbocycles. The highest BCUT2D eigenvalue weighted by atomic mass is 19.1. The summed E-state index contributed by atoms with van der Waals surface area (Å²) in [5.74, 6) is -0.878. The van der Waals surface area contributed by atoms with Gasteiger partial charge in [-0.1, -0.05) is 36.4 Å². The fourth-order valence-corrected chi connectivity index (χ4v) is 4.75. The molecule has 5 rings (SSSR count). The van der Waals surface area contributed by atoms with Gasteiger partial charge in [-0.2, -0.15) is 5.26 Å². The lowest BCUT2D eigenvalue weighted by Crippen LogP contribution is -2.35. The number of nitriles is 1. The number of benzene rings is 3. The Morgan fingerprint density at radius 2 is 1.97 bits per heavy atom. The second-order valence-electron chi connectivity index (χ2n) is 8.23. The molecular formula is C27H22FN3O2. The van der Waals surface area contributed by atoms with Gasteiger partial charge in [0, 0.05) is 29.7 Å². The number of nitrogens with one attached hydrogen (secondary N) is 1. The molecule has 3 aromatic carbocycles. The summed E-state index contributed by atoms with van der Waals surface area (Å²) in [6.07, 6.45) is 0.877. The van der Waals surface area contributed by atoms with Gasteiger partial charge in [0.05, 0.1) is 24.3 Å². The maximum absolute atomic E-state index is 13.9. The van der Waals surface area contributed by atoms with Crippen molar-refractivity contribution in [3.05, 3.63) is 106 Å². The monoisotopic (exact) mass is 439 g/mol. The quantitative estimate of drug-likeness (QED) is 0.449. The molecule has 1 aromatic heterocycles. The summed E-state index contributed by atoms with van der Waals surface area (Å²) >= 11 is 0. The molecule has 1 atom stereocenters. The van der Waals surface area contributed by atoms with Crippen molar-refractivity contribution < 1.29 is 13.9 Å². The zero-order chi connectivity index (χ0) is 22.9. The number of aromatic nitrogens is 1. The predicted molar refractivity (Wildman–Crippen MR) is 123 cm³/mol. The Morgan fingerprint density at radius 3 is 2.73 bits per heavy atom. The molecule has 0 saturated heterocycles. The van der Waals surface area contributed by atoms with Crippen LogP contribution in [-0.4, -0.2) is 29.5 Å². The summed E-state index contributed by atoms with van der Waals surface area (Å²) in [7, 11) is 1.37. The average molecular weight is 439 g/mol. The molecule has 5 nitrogen and oxygen atoms in total. The minimum Gasteiger partial charge on any atom is -0.465 e. The predicted octanol–water partition coefficient (Wildman–Crippen LogP) is 5.11. The van der Waals surface area contributed by atoms with E-state index in [4.69, 9.17) is 4.74 Å². The normalized spacial score (nSPS) is 15.7. The molecule has 164 valence electrons. The van der Waals surface area contributed by atoms with Crippen LogP contribution in [0.15, 0.2) is 66.7 Å². The molecule has 0 spiro atoms. The number of nitrogens with zero attached hydrogens (tertiary/aromatic N) is 2. The maximum atomic E-state index is 13.9. The van der Waals surface area contributed by atoms with Gasteiger partial charge in [0.1, 0.15) is 11.9 Å². The van der Waals surface area contributed by atoms with E-state index in [0.717, 1.165) is 35.3 Å². The van der Waals surface area contributed by atoms with Crippen LogP contribution in [-0.2, 0) is 17.7 Å². The highest BCUT2D eigenvalue weighted by Gasteiger charge is 2.32. The van der Waals surface area contributed by atoms with Crippen LogP contribution >= 0.6 is 0 Å². The number of hydrogen-bond acceptors (Lipinski definition) is 4. The zero-order valence-electron chi connectivity index (χ0n) is 18.1. The van der Waals surface area contributed by atoms with Crippen LogP contribution in [0.25, 0.3) is 10.9 Å². The van der Waals surface area contributed by atoms with Crippen molar-refractivity contribution in [2.45, 2.75) is 19.0 Å². The zero-order valence-corrected chi connectivity index (χ0v) is 18.1. The Kier molecular flexibility index (Phi) is 5.41. The number of halogens is 1.